The van der Waals surface area contributed by atoms with Crippen LogP contribution in [0.3, 0.4) is 0 Å². The summed E-state index contributed by atoms with van der Waals surface area (Å²) < 4.78 is 94.0. The standard InChI is InChI=1S/C24H23F3N4O6S2/c1-38(34,35)29-15-9-10-17-19(11-15)39(36,37)30-22(28-17)20-21(32)16-3-2-4-18(16)31(23(20)33)12-13-5-7-14(8-6-13)24(25,26)27/h5-11,16,18,29,32H,2-4,12H2,1H3,(H,28,30)/t16-,18+/m1/s1. The number of halogens is 3. The predicted octanol–water partition coefficient (Wildman–Crippen LogP) is 3.61. The van der Waals surface area contributed by atoms with Crippen molar-refractivity contribution in [1.82, 2.24) is 4.90 Å². The third-order valence-electron chi connectivity index (χ3n) is 6.86. The Bertz CT molecular complexity index is 1630. The van der Waals surface area contributed by atoms with Crippen LogP contribution in [0.15, 0.2) is 63.1 Å². The molecule has 1 fully saturated rings. The molecule has 15 heteroatoms. The average Bonchev–Trinajstić information content (AvgIpc) is 3.31. The highest BCUT2D eigenvalue weighted by Gasteiger charge is 2.46. The second-order valence-electron chi connectivity index (χ2n) is 9.62. The molecule has 2 aromatic rings. The van der Waals surface area contributed by atoms with E-state index >= 15 is 0 Å². The van der Waals surface area contributed by atoms with Crippen molar-refractivity contribution >= 4 is 43.2 Å². The van der Waals surface area contributed by atoms with Crippen LogP contribution in [0.1, 0.15) is 30.4 Å². The minimum absolute atomic E-state index is 0.00686. The summed E-state index contributed by atoms with van der Waals surface area (Å²) in [6.45, 7) is -0.0495. The highest BCUT2D eigenvalue weighted by atomic mass is 32.2. The van der Waals surface area contributed by atoms with Gasteiger partial charge in [0, 0.05) is 24.2 Å². The van der Waals surface area contributed by atoms with E-state index in [0.717, 1.165) is 24.5 Å². The first-order chi connectivity index (χ1) is 18.1. The Balaban J connectivity index is 1.49. The van der Waals surface area contributed by atoms with E-state index in [0.29, 0.717) is 24.8 Å². The molecular weight excluding hydrogens is 561 g/mol. The lowest BCUT2D eigenvalue weighted by atomic mass is 9.89. The average molecular weight is 585 g/mol. The number of nitrogens with zero attached hydrogens (tertiary/aromatic N) is 2. The van der Waals surface area contributed by atoms with Gasteiger partial charge in [-0.1, -0.05) is 18.6 Å². The molecule has 0 bridgehead atoms. The van der Waals surface area contributed by atoms with E-state index in [4.69, 9.17) is 0 Å². The van der Waals surface area contributed by atoms with Crippen LogP contribution in [0.25, 0.3) is 0 Å². The van der Waals surface area contributed by atoms with Crippen LogP contribution in [0.2, 0.25) is 0 Å². The monoisotopic (exact) mass is 584 g/mol. The maximum atomic E-state index is 13.7. The zero-order valence-corrected chi connectivity index (χ0v) is 22.0. The summed E-state index contributed by atoms with van der Waals surface area (Å²) >= 11 is 0. The van der Waals surface area contributed by atoms with Gasteiger partial charge in [-0.05, 0) is 48.7 Å². The van der Waals surface area contributed by atoms with Crippen molar-refractivity contribution in [2.75, 3.05) is 16.3 Å². The number of carbonyl (C=O) groups is 1. The number of carbonyl (C=O) groups excluding carboxylic acids is 1. The van der Waals surface area contributed by atoms with E-state index in [1.165, 1.54) is 29.2 Å². The van der Waals surface area contributed by atoms with Crippen molar-refractivity contribution in [2.24, 2.45) is 10.3 Å². The van der Waals surface area contributed by atoms with Crippen LogP contribution in [0, 0.1) is 5.92 Å². The molecule has 208 valence electrons. The zero-order chi connectivity index (χ0) is 28.3. The molecule has 3 aliphatic rings. The second kappa shape index (κ2) is 9.26. The first kappa shape index (κ1) is 27.0. The van der Waals surface area contributed by atoms with E-state index in [1.807, 2.05) is 0 Å². The molecule has 39 heavy (non-hydrogen) atoms. The van der Waals surface area contributed by atoms with E-state index < -0.39 is 55.5 Å². The van der Waals surface area contributed by atoms with Gasteiger partial charge in [0.05, 0.1) is 17.5 Å². The summed E-state index contributed by atoms with van der Waals surface area (Å²) in [4.78, 5) is 14.8. The number of amides is 1. The summed E-state index contributed by atoms with van der Waals surface area (Å²) in [6.07, 6.45) is -1.84. The molecule has 5 rings (SSSR count). The fourth-order valence-electron chi connectivity index (χ4n) is 5.17. The van der Waals surface area contributed by atoms with Gasteiger partial charge in [0.2, 0.25) is 10.0 Å². The third-order valence-corrected chi connectivity index (χ3v) is 8.78. The van der Waals surface area contributed by atoms with Gasteiger partial charge >= 0.3 is 6.18 Å². The topological polar surface area (TPSA) is 145 Å². The lowest BCUT2D eigenvalue weighted by Crippen LogP contribution is -2.49. The summed E-state index contributed by atoms with van der Waals surface area (Å²) in [5.41, 5.74) is -0.710. The first-order valence-corrected chi connectivity index (χ1v) is 15.1. The molecule has 0 aromatic heterocycles. The number of fused-ring (bicyclic) bond motifs is 2. The Hall–Kier alpha value is -3.59. The van der Waals surface area contributed by atoms with Gasteiger partial charge in [-0.2, -0.15) is 21.6 Å². The molecule has 2 atom stereocenters. The summed E-state index contributed by atoms with van der Waals surface area (Å²) in [5, 5.41) is 13.8. The van der Waals surface area contributed by atoms with Crippen LogP contribution in [0.5, 0.6) is 0 Å². The Kier molecular flexibility index (Phi) is 6.41. The number of rotatable bonds is 5. The lowest BCUT2D eigenvalue weighted by molar-refractivity contribution is -0.137. The van der Waals surface area contributed by atoms with Gasteiger partial charge in [-0.25, -0.2) is 8.42 Å². The largest absolute Gasteiger partial charge is 0.511 e. The summed E-state index contributed by atoms with van der Waals surface area (Å²) in [7, 11) is -8.10. The number of benzene rings is 2. The number of hydrogen-bond donors (Lipinski definition) is 3. The number of nitrogens with one attached hydrogen (secondary N) is 2. The van der Waals surface area contributed by atoms with Gasteiger partial charge in [0.25, 0.3) is 15.9 Å². The molecular formula is C24H23F3N4O6S2. The molecule has 1 amide bonds. The number of amidine groups is 1. The van der Waals surface area contributed by atoms with Crippen LogP contribution in [-0.4, -0.2) is 50.9 Å². The van der Waals surface area contributed by atoms with Crippen LogP contribution in [0.4, 0.5) is 24.5 Å². The van der Waals surface area contributed by atoms with Crippen LogP contribution in [-0.2, 0) is 37.6 Å². The second-order valence-corrected chi connectivity index (χ2v) is 12.9. The molecule has 10 nitrogen and oxygen atoms in total. The SMILES string of the molecule is CS(=O)(=O)Nc1ccc2c(c1)S(=O)(=O)N=C(C1=C(O)[C@@H]3CCC[C@@H]3N(Cc3ccc(C(F)(F)F)cc3)C1=O)N2. The Morgan fingerprint density at radius 2 is 1.85 bits per heavy atom. The van der Waals surface area contributed by atoms with Gasteiger partial charge < -0.3 is 15.3 Å². The van der Waals surface area contributed by atoms with Gasteiger partial charge in [0.15, 0.2) is 5.84 Å². The van der Waals surface area contributed by atoms with Gasteiger partial charge in [-0.3, -0.25) is 9.52 Å². The summed E-state index contributed by atoms with van der Waals surface area (Å²) in [6, 6.07) is 7.69. The Morgan fingerprint density at radius 1 is 1.15 bits per heavy atom. The minimum Gasteiger partial charge on any atom is -0.511 e. The maximum Gasteiger partial charge on any atom is 0.416 e. The van der Waals surface area contributed by atoms with Crippen molar-refractivity contribution in [1.29, 1.82) is 0 Å². The molecule has 2 aromatic carbocycles. The van der Waals surface area contributed by atoms with Crippen LogP contribution >= 0.6 is 0 Å². The smallest absolute Gasteiger partial charge is 0.416 e. The van der Waals surface area contributed by atoms with Crippen LogP contribution < -0.4 is 10.0 Å². The van der Waals surface area contributed by atoms with Crippen molar-refractivity contribution < 1.29 is 39.9 Å². The number of hydrogen-bond acceptors (Lipinski definition) is 7. The van der Waals surface area contributed by atoms with Gasteiger partial charge in [0.1, 0.15) is 16.2 Å². The first-order valence-electron chi connectivity index (χ1n) is 11.8. The van der Waals surface area contributed by atoms with E-state index in [2.05, 4.69) is 14.4 Å². The molecule has 2 aliphatic heterocycles. The van der Waals surface area contributed by atoms with Gasteiger partial charge in [-0.15, -0.1) is 4.40 Å². The molecule has 1 saturated carbocycles. The Morgan fingerprint density at radius 3 is 2.49 bits per heavy atom. The van der Waals surface area contributed by atoms with E-state index in [-0.39, 0.29) is 34.1 Å². The lowest BCUT2D eigenvalue weighted by Gasteiger charge is -2.39. The number of alkyl halides is 3. The zero-order valence-electron chi connectivity index (χ0n) is 20.4. The highest BCUT2D eigenvalue weighted by Crippen LogP contribution is 2.42. The Labute approximate surface area is 222 Å². The van der Waals surface area contributed by atoms with Crippen molar-refractivity contribution in [3.63, 3.8) is 0 Å². The quantitative estimate of drug-likeness (QED) is 0.487. The molecule has 1 aliphatic carbocycles. The molecule has 2 heterocycles. The minimum atomic E-state index is -4.51. The van der Waals surface area contributed by atoms with Crippen molar-refractivity contribution in [2.45, 2.75) is 42.9 Å². The number of aliphatic hydroxyl groups is 1. The number of anilines is 2. The van der Waals surface area contributed by atoms with Crippen molar-refractivity contribution in [3.05, 3.63) is 64.9 Å². The number of sulfonamides is 2. The molecule has 0 spiro atoms. The third kappa shape index (κ3) is 5.20. The molecule has 3 N–H and O–H groups in total. The predicted molar refractivity (Wildman–Crippen MR) is 136 cm³/mol. The highest BCUT2D eigenvalue weighted by molar-refractivity contribution is 7.92. The normalized spacial score (nSPS) is 22.6. The molecule has 0 unspecified atom stereocenters. The molecule has 0 saturated heterocycles. The fraction of sp³-hybridized carbons (Fsp3) is 0.333. The number of aliphatic hydroxyl groups excluding tert-OH is 1. The maximum absolute atomic E-state index is 13.7. The van der Waals surface area contributed by atoms with E-state index in [1.54, 1.807) is 0 Å². The van der Waals surface area contributed by atoms with Crippen molar-refractivity contribution in [3.8, 4) is 0 Å². The van der Waals surface area contributed by atoms with E-state index in [9.17, 15) is 39.9 Å². The fourth-order valence-corrected chi connectivity index (χ4v) is 6.88. The summed E-state index contributed by atoms with van der Waals surface area (Å²) in [5.74, 6) is -1.90. The molecule has 0 radical (unpaired) electrons.